The van der Waals surface area contributed by atoms with E-state index in [9.17, 15) is 9.59 Å². The molecule has 0 atom stereocenters. The second kappa shape index (κ2) is 8.30. The number of aryl methyl sites for hydroxylation is 1. The number of rotatable bonds is 6. The summed E-state index contributed by atoms with van der Waals surface area (Å²) in [6, 6.07) is 7.99. The molecule has 7 nitrogen and oxygen atoms in total. The summed E-state index contributed by atoms with van der Waals surface area (Å²) in [5, 5.41) is 7.68. The van der Waals surface area contributed by atoms with Gasteiger partial charge in [0, 0.05) is 24.3 Å². The molecule has 132 valence electrons. The molecule has 2 heterocycles. The normalized spacial score (nSPS) is 10.3. The van der Waals surface area contributed by atoms with Crippen molar-refractivity contribution >= 4 is 28.3 Å². The highest BCUT2D eigenvalue weighted by Crippen LogP contribution is 2.16. The molecule has 0 aliphatic rings. The monoisotopic (exact) mass is 367 g/mol. The van der Waals surface area contributed by atoms with Gasteiger partial charge >= 0.3 is 0 Å². The number of nitrogens with zero attached hydrogens (tertiary/aromatic N) is 3. The molecular weight excluding hydrogens is 350 g/mol. The molecule has 0 saturated carbocycles. The Hall–Kier alpha value is -3.13. The Labute approximate surface area is 154 Å². The first-order valence-electron chi connectivity index (χ1n) is 7.94. The van der Waals surface area contributed by atoms with Crippen LogP contribution in [-0.4, -0.2) is 26.8 Å². The van der Waals surface area contributed by atoms with Gasteiger partial charge in [-0.1, -0.05) is 29.8 Å². The van der Waals surface area contributed by atoms with Crippen LogP contribution in [0.2, 0.25) is 0 Å². The minimum atomic E-state index is -0.386. The van der Waals surface area contributed by atoms with Crippen molar-refractivity contribution in [3.8, 4) is 0 Å². The smallest absolute Gasteiger partial charge is 0.277 e. The summed E-state index contributed by atoms with van der Waals surface area (Å²) >= 11 is 1.26. The summed E-state index contributed by atoms with van der Waals surface area (Å²) < 4.78 is 0. The molecule has 0 aliphatic carbocycles. The van der Waals surface area contributed by atoms with Crippen molar-refractivity contribution in [3.63, 3.8) is 0 Å². The minimum Gasteiger partial charge on any atom is -0.352 e. The van der Waals surface area contributed by atoms with E-state index >= 15 is 0 Å². The van der Waals surface area contributed by atoms with Gasteiger partial charge in [0.15, 0.2) is 5.13 Å². The van der Waals surface area contributed by atoms with E-state index in [1.165, 1.54) is 35.5 Å². The van der Waals surface area contributed by atoms with Gasteiger partial charge in [0.1, 0.15) is 5.69 Å². The van der Waals surface area contributed by atoms with E-state index in [4.69, 9.17) is 0 Å². The van der Waals surface area contributed by atoms with Gasteiger partial charge in [-0.05, 0) is 12.5 Å². The molecule has 26 heavy (non-hydrogen) atoms. The van der Waals surface area contributed by atoms with Crippen LogP contribution in [-0.2, 0) is 17.8 Å². The molecule has 2 aromatic heterocycles. The molecule has 0 bridgehead atoms. The number of hydrogen-bond donors (Lipinski definition) is 2. The number of amides is 2. The Balaban J connectivity index is 1.50. The van der Waals surface area contributed by atoms with Gasteiger partial charge in [-0.2, -0.15) is 0 Å². The lowest BCUT2D eigenvalue weighted by Crippen LogP contribution is -2.24. The summed E-state index contributed by atoms with van der Waals surface area (Å²) in [4.78, 5) is 36.1. The first-order valence-corrected chi connectivity index (χ1v) is 8.82. The number of aromatic nitrogens is 3. The number of carbonyl (C=O) groups excluding carboxylic acids is 2. The Bertz CT molecular complexity index is 893. The molecule has 0 aliphatic heterocycles. The van der Waals surface area contributed by atoms with Crippen LogP contribution in [0.3, 0.4) is 0 Å². The average molecular weight is 367 g/mol. The fourth-order valence-corrected chi connectivity index (χ4v) is 2.86. The van der Waals surface area contributed by atoms with E-state index in [1.54, 1.807) is 5.38 Å². The van der Waals surface area contributed by atoms with E-state index in [2.05, 4.69) is 25.6 Å². The molecule has 0 unspecified atom stereocenters. The lowest BCUT2D eigenvalue weighted by molar-refractivity contribution is -0.120. The number of anilines is 1. The van der Waals surface area contributed by atoms with Crippen LogP contribution in [0.4, 0.5) is 5.13 Å². The third-order valence-corrected chi connectivity index (χ3v) is 4.33. The lowest BCUT2D eigenvalue weighted by Gasteiger charge is -2.04. The van der Waals surface area contributed by atoms with E-state index in [-0.39, 0.29) is 23.9 Å². The fourth-order valence-electron chi connectivity index (χ4n) is 2.16. The number of hydrogen-bond acceptors (Lipinski definition) is 6. The second-order valence-electron chi connectivity index (χ2n) is 5.63. The number of thiazole rings is 1. The van der Waals surface area contributed by atoms with Crippen LogP contribution in [0.1, 0.15) is 27.3 Å². The Morgan fingerprint density at radius 2 is 1.96 bits per heavy atom. The zero-order valence-electron chi connectivity index (χ0n) is 14.1. The van der Waals surface area contributed by atoms with E-state index in [1.807, 2.05) is 31.2 Å². The van der Waals surface area contributed by atoms with Gasteiger partial charge in [0.25, 0.3) is 5.91 Å². The van der Waals surface area contributed by atoms with Gasteiger partial charge in [-0.25, -0.2) is 9.97 Å². The summed E-state index contributed by atoms with van der Waals surface area (Å²) in [5.74, 6) is -0.509. The van der Waals surface area contributed by atoms with Gasteiger partial charge in [0.05, 0.1) is 18.3 Å². The van der Waals surface area contributed by atoms with Gasteiger partial charge in [-0.3, -0.25) is 19.9 Å². The Morgan fingerprint density at radius 3 is 2.69 bits per heavy atom. The zero-order valence-corrected chi connectivity index (χ0v) is 14.9. The van der Waals surface area contributed by atoms with Crippen LogP contribution >= 0.6 is 11.3 Å². The van der Waals surface area contributed by atoms with Crippen molar-refractivity contribution < 1.29 is 9.59 Å². The van der Waals surface area contributed by atoms with Crippen LogP contribution in [0.25, 0.3) is 0 Å². The fraction of sp³-hybridized carbons (Fsp3) is 0.167. The van der Waals surface area contributed by atoms with Crippen LogP contribution in [0.5, 0.6) is 0 Å². The zero-order chi connectivity index (χ0) is 18.4. The predicted molar refractivity (Wildman–Crippen MR) is 98.8 cm³/mol. The van der Waals surface area contributed by atoms with E-state index < -0.39 is 0 Å². The molecule has 2 N–H and O–H groups in total. The number of carbonyl (C=O) groups is 2. The molecular formula is C18H17N5O2S. The Kier molecular flexibility index (Phi) is 5.65. The molecule has 0 spiro atoms. The van der Waals surface area contributed by atoms with Crippen LogP contribution < -0.4 is 10.6 Å². The highest BCUT2D eigenvalue weighted by atomic mass is 32.1. The highest BCUT2D eigenvalue weighted by molar-refractivity contribution is 7.14. The molecule has 8 heteroatoms. The lowest BCUT2D eigenvalue weighted by atomic mass is 10.1. The Morgan fingerprint density at radius 1 is 1.15 bits per heavy atom. The predicted octanol–water partition coefficient (Wildman–Crippen LogP) is 2.35. The maximum atomic E-state index is 12.1. The van der Waals surface area contributed by atoms with Crippen molar-refractivity contribution in [1.29, 1.82) is 0 Å². The van der Waals surface area contributed by atoms with E-state index in [0.717, 1.165) is 5.56 Å². The average Bonchev–Trinajstić information content (AvgIpc) is 3.08. The van der Waals surface area contributed by atoms with Crippen molar-refractivity contribution in [3.05, 3.63) is 70.8 Å². The van der Waals surface area contributed by atoms with Gasteiger partial charge < -0.3 is 5.32 Å². The number of nitrogens with one attached hydrogen (secondary N) is 2. The first kappa shape index (κ1) is 17.7. The summed E-state index contributed by atoms with van der Waals surface area (Å²) in [6.07, 6.45) is 4.47. The van der Waals surface area contributed by atoms with Crippen molar-refractivity contribution in [2.24, 2.45) is 0 Å². The largest absolute Gasteiger partial charge is 0.352 e. The maximum absolute atomic E-state index is 12.1. The summed E-state index contributed by atoms with van der Waals surface area (Å²) in [5.41, 5.74) is 3.03. The third-order valence-electron chi connectivity index (χ3n) is 3.52. The van der Waals surface area contributed by atoms with Crippen LogP contribution in [0, 0.1) is 6.92 Å². The van der Waals surface area contributed by atoms with Crippen LogP contribution in [0.15, 0.2) is 48.2 Å². The SMILES string of the molecule is Cc1ccc(CNC(=O)Cc2csc(NC(=O)c3cnccn3)n2)cc1. The maximum Gasteiger partial charge on any atom is 0.277 e. The molecule has 2 amide bonds. The molecule has 0 fully saturated rings. The molecule has 1 aromatic carbocycles. The van der Waals surface area contributed by atoms with Gasteiger partial charge in [-0.15, -0.1) is 11.3 Å². The van der Waals surface area contributed by atoms with Crippen molar-refractivity contribution in [2.75, 3.05) is 5.32 Å². The molecule has 0 saturated heterocycles. The third kappa shape index (κ3) is 4.93. The minimum absolute atomic E-state index is 0.123. The first-order chi connectivity index (χ1) is 12.6. The topological polar surface area (TPSA) is 96.9 Å². The molecule has 0 radical (unpaired) electrons. The van der Waals surface area contributed by atoms with E-state index in [0.29, 0.717) is 17.4 Å². The van der Waals surface area contributed by atoms with Crippen molar-refractivity contribution in [2.45, 2.75) is 19.9 Å². The summed E-state index contributed by atoms with van der Waals surface area (Å²) in [6.45, 7) is 2.49. The molecule has 3 rings (SSSR count). The number of benzene rings is 1. The van der Waals surface area contributed by atoms with Gasteiger partial charge in [0.2, 0.25) is 5.91 Å². The highest BCUT2D eigenvalue weighted by Gasteiger charge is 2.12. The second-order valence-corrected chi connectivity index (χ2v) is 6.49. The summed E-state index contributed by atoms with van der Waals surface area (Å²) in [7, 11) is 0. The quantitative estimate of drug-likeness (QED) is 0.697. The standard InChI is InChI=1S/C18H17N5O2S/c1-12-2-4-13(5-3-12)9-21-16(24)8-14-11-26-18(22-14)23-17(25)15-10-19-6-7-20-15/h2-7,10-11H,8-9H2,1H3,(H,21,24)(H,22,23,25). The molecule has 3 aromatic rings. The van der Waals surface area contributed by atoms with Crippen molar-refractivity contribution in [1.82, 2.24) is 20.3 Å².